The normalized spacial score (nSPS) is 21.3. The molecule has 50 heavy (non-hydrogen) atoms. The Labute approximate surface area is 284 Å². The van der Waals surface area contributed by atoms with Gasteiger partial charge < -0.3 is 19.8 Å². The summed E-state index contributed by atoms with van der Waals surface area (Å²) in [6.07, 6.45) is -7.60. The van der Waals surface area contributed by atoms with Crippen molar-refractivity contribution < 1.29 is 50.9 Å². The molecule has 1 saturated carbocycles. The number of aliphatic carboxylic acids is 1. The lowest BCUT2D eigenvalue weighted by Crippen LogP contribution is -2.36. The molecule has 3 aromatic rings. The number of anilines is 1. The molecule has 1 aliphatic heterocycles. The fourth-order valence-corrected chi connectivity index (χ4v) is 6.72. The molecule has 1 amide bonds. The van der Waals surface area contributed by atoms with Crippen molar-refractivity contribution >= 4 is 17.9 Å². The van der Waals surface area contributed by atoms with Gasteiger partial charge in [0.2, 0.25) is 0 Å². The highest BCUT2D eigenvalue weighted by Crippen LogP contribution is 2.41. The number of alkyl halides is 6. The van der Waals surface area contributed by atoms with Crippen molar-refractivity contribution in [3.8, 4) is 11.3 Å². The van der Waals surface area contributed by atoms with Gasteiger partial charge in [0.1, 0.15) is 11.8 Å². The van der Waals surface area contributed by atoms with Gasteiger partial charge in [0, 0.05) is 25.1 Å². The minimum absolute atomic E-state index is 0.0289. The highest BCUT2D eigenvalue weighted by Gasteiger charge is 2.44. The van der Waals surface area contributed by atoms with Gasteiger partial charge >= 0.3 is 24.4 Å². The van der Waals surface area contributed by atoms with Crippen LogP contribution in [-0.4, -0.2) is 56.3 Å². The van der Waals surface area contributed by atoms with Crippen molar-refractivity contribution in [1.82, 2.24) is 14.9 Å². The van der Waals surface area contributed by atoms with E-state index in [0.29, 0.717) is 53.6 Å². The van der Waals surface area contributed by atoms with Crippen LogP contribution in [0.4, 0.5) is 37.0 Å². The third-order valence-electron chi connectivity index (χ3n) is 9.50. The van der Waals surface area contributed by atoms with Crippen LogP contribution >= 0.6 is 0 Å². The molecule has 2 fully saturated rings. The number of benzene rings is 2. The zero-order valence-corrected chi connectivity index (χ0v) is 27.5. The van der Waals surface area contributed by atoms with Gasteiger partial charge in [0.25, 0.3) is 0 Å². The van der Waals surface area contributed by atoms with Crippen molar-refractivity contribution in [2.24, 2.45) is 11.8 Å². The number of carbonyl (C=O) groups is 2. The molecule has 1 saturated heterocycles. The topological polar surface area (TPSA) is 116 Å². The molecule has 270 valence electrons. The van der Waals surface area contributed by atoms with Gasteiger partial charge in [-0.2, -0.15) is 26.3 Å². The molecule has 1 unspecified atom stereocenters. The first-order chi connectivity index (χ1) is 23.6. The lowest BCUT2D eigenvalue weighted by molar-refractivity contribution is -0.143. The predicted molar refractivity (Wildman–Crippen MR) is 170 cm³/mol. The van der Waals surface area contributed by atoms with Crippen molar-refractivity contribution in [3.05, 3.63) is 76.6 Å². The fraction of sp³-hybridized carbons (Fsp3) is 0.486. The average Bonchev–Trinajstić information content (AvgIpc) is 3.35. The molecule has 2 N–H and O–H groups in total. The summed E-state index contributed by atoms with van der Waals surface area (Å²) < 4.78 is 87.2. The Kier molecular flexibility index (Phi) is 10.9. The first kappa shape index (κ1) is 36.9. The van der Waals surface area contributed by atoms with E-state index in [9.17, 15) is 46.1 Å². The van der Waals surface area contributed by atoms with E-state index in [1.54, 1.807) is 30.5 Å². The van der Waals surface area contributed by atoms with Gasteiger partial charge in [-0.25, -0.2) is 14.8 Å². The van der Waals surface area contributed by atoms with Gasteiger partial charge in [-0.05, 0) is 80.7 Å². The second-order valence-electron chi connectivity index (χ2n) is 12.9. The monoisotopic (exact) mass is 708 g/mol. The molecular formula is C35H38F6N4O5. The molecule has 0 spiro atoms. The summed E-state index contributed by atoms with van der Waals surface area (Å²) >= 11 is 0. The van der Waals surface area contributed by atoms with E-state index in [2.05, 4.69) is 0 Å². The number of hydrogen-bond acceptors (Lipinski definition) is 7. The number of aliphatic hydroxyl groups is 1. The molecule has 0 radical (unpaired) electrons. The number of halogens is 6. The highest BCUT2D eigenvalue weighted by molar-refractivity contribution is 5.71. The number of carboxylic acid groups (broad SMARTS) is 1. The van der Waals surface area contributed by atoms with Crippen LogP contribution in [0, 0.1) is 11.8 Å². The number of rotatable bonds is 11. The molecular weight excluding hydrogens is 670 g/mol. The zero-order valence-electron chi connectivity index (χ0n) is 27.5. The number of hydrogen-bond donors (Lipinski definition) is 2. The van der Waals surface area contributed by atoms with Crippen LogP contribution in [0.25, 0.3) is 11.3 Å². The fourth-order valence-electron chi connectivity index (χ4n) is 6.72. The van der Waals surface area contributed by atoms with E-state index in [-0.39, 0.29) is 37.5 Å². The first-order valence-corrected chi connectivity index (χ1v) is 16.4. The second-order valence-corrected chi connectivity index (χ2v) is 12.9. The average molecular weight is 709 g/mol. The maximum absolute atomic E-state index is 13.6. The summed E-state index contributed by atoms with van der Waals surface area (Å²) in [5, 5.41) is 18.6. The molecule has 2 atom stereocenters. The molecule has 1 aromatic heterocycles. The number of cyclic esters (lactones) is 1. The Morgan fingerprint density at radius 1 is 0.980 bits per heavy atom. The van der Waals surface area contributed by atoms with Crippen molar-refractivity contribution in [2.75, 3.05) is 18.0 Å². The third kappa shape index (κ3) is 8.48. The molecule has 1 aliphatic carbocycles. The Hall–Kier alpha value is -4.40. The SMILES string of the molecule is CCN(C[C@H]1CC[C@H](CC(=O)O)CC1)c1ncc(-c2ccc(CO)cc2)nc1CN1C(=O)OC(c2cc(C(F)(F)F)cc(C(F)(F)F)c2)[C@@H]1C. The Bertz CT molecular complexity index is 1640. The maximum atomic E-state index is 13.6. The molecule has 0 bridgehead atoms. The number of amides is 1. The summed E-state index contributed by atoms with van der Waals surface area (Å²) in [6.45, 7) is 4.14. The van der Waals surface area contributed by atoms with Crippen LogP contribution in [0.5, 0.6) is 0 Å². The molecule has 2 heterocycles. The molecule has 15 heteroatoms. The standard InChI is InChI=1S/C35H38F6N4O5/c1-3-44(17-22-6-4-21(5-7-22)12-30(47)48)32-29(43-28(16-42-32)24-10-8-23(19-46)9-11-24)18-45-20(2)31(50-33(45)49)25-13-26(34(36,37)38)15-27(14-25)35(39,40)41/h8-11,13-16,20-22,31,46H,3-7,12,17-19H2,1-2H3,(H,47,48)/t20-,21-,22-,31?/m0/s1. The number of carbonyl (C=O) groups excluding carboxylic acids is 1. The van der Waals surface area contributed by atoms with Gasteiger partial charge in [0.15, 0.2) is 5.82 Å². The Morgan fingerprint density at radius 3 is 2.12 bits per heavy atom. The van der Waals surface area contributed by atoms with Crippen LogP contribution in [-0.2, 0) is 35.0 Å². The Morgan fingerprint density at radius 2 is 1.58 bits per heavy atom. The lowest BCUT2D eigenvalue weighted by Gasteiger charge is -2.33. The summed E-state index contributed by atoms with van der Waals surface area (Å²) in [5.41, 5.74) is -1.31. The summed E-state index contributed by atoms with van der Waals surface area (Å²) in [5.74, 6) is -0.00682. The summed E-state index contributed by atoms with van der Waals surface area (Å²) in [7, 11) is 0. The third-order valence-corrected chi connectivity index (χ3v) is 9.50. The van der Waals surface area contributed by atoms with E-state index < -0.39 is 53.3 Å². The largest absolute Gasteiger partial charge is 0.481 e. The smallest absolute Gasteiger partial charge is 0.416 e. The molecule has 9 nitrogen and oxygen atoms in total. The van der Waals surface area contributed by atoms with Crippen LogP contribution in [0.1, 0.15) is 80.0 Å². The molecule has 2 aliphatic rings. The van der Waals surface area contributed by atoms with E-state index in [0.717, 1.165) is 25.7 Å². The first-order valence-electron chi connectivity index (χ1n) is 16.4. The van der Waals surface area contributed by atoms with E-state index in [1.165, 1.54) is 11.8 Å². The maximum Gasteiger partial charge on any atom is 0.416 e. The van der Waals surface area contributed by atoms with Crippen LogP contribution in [0.15, 0.2) is 48.7 Å². The van der Waals surface area contributed by atoms with Crippen molar-refractivity contribution in [1.29, 1.82) is 0 Å². The predicted octanol–water partition coefficient (Wildman–Crippen LogP) is 7.86. The minimum atomic E-state index is -5.07. The minimum Gasteiger partial charge on any atom is -0.481 e. The number of ether oxygens (including phenoxy) is 1. The number of carboxylic acids is 1. The number of nitrogens with zero attached hydrogens (tertiary/aromatic N) is 4. The zero-order chi connectivity index (χ0) is 36.4. The number of aromatic nitrogens is 2. The Balaban J connectivity index is 1.46. The summed E-state index contributed by atoms with van der Waals surface area (Å²) in [4.78, 5) is 37.3. The lowest BCUT2D eigenvalue weighted by atomic mass is 9.80. The van der Waals surface area contributed by atoms with E-state index >= 15 is 0 Å². The molecule has 5 rings (SSSR count). The van der Waals surface area contributed by atoms with Gasteiger partial charge in [0.05, 0.1) is 42.2 Å². The van der Waals surface area contributed by atoms with E-state index in [1.807, 2.05) is 11.8 Å². The quantitative estimate of drug-likeness (QED) is 0.194. The molecule has 2 aromatic carbocycles. The van der Waals surface area contributed by atoms with E-state index in [4.69, 9.17) is 14.7 Å². The van der Waals surface area contributed by atoms with Gasteiger partial charge in [-0.15, -0.1) is 0 Å². The van der Waals surface area contributed by atoms with Crippen molar-refractivity contribution in [2.45, 2.75) is 83.6 Å². The second kappa shape index (κ2) is 14.8. The van der Waals surface area contributed by atoms with Crippen LogP contribution in [0.2, 0.25) is 0 Å². The summed E-state index contributed by atoms with van der Waals surface area (Å²) in [6, 6.07) is 7.13. The van der Waals surface area contributed by atoms with Crippen molar-refractivity contribution in [3.63, 3.8) is 0 Å². The van der Waals surface area contributed by atoms with Gasteiger partial charge in [-0.3, -0.25) is 9.69 Å². The van der Waals surface area contributed by atoms with Crippen LogP contribution < -0.4 is 4.90 Å². The highest BCUT2D eigenvalue weighted by atomic mass is 19.4. The van der Waals surface area contributed by atoms with Gasteiger partial charge in [-0.1, -0.05) is 24.3 Å². The number of aliphatic hydroxyl groups excluding tert-OH is 1. The van der Waals surface area contributed by atoms with Crippen LogP contribution in [0.3, 0.4) is 0 Å².